The van der Waals surface area contributed by atoms with Gasteiger partial charge >= 0.3 is 73.4 Å². The van der Waals surface area contributed by atoms with Crippen LogP contribution in [0.5, 0.6) is 0 Å². The molecule has 0 saturated carbocycles. The summed E-state index contributed by atoms with van der Waals surface area (Å²) >= 11 is 3.75. The van der Waals surface area contributed by atoms with E-state index < -0.39 is 18.4 Å². The zero-order valence-corrected chi connectivity index (χ0v) is 10.6. The summed E-state index contributed by atoms with van der Waals surface area (Å²) in [5.74, 6) is 3.93. The second kappa shape index (κ2) is 5.32. The SMILES string of the molecule is [CH3][Sn]([CH3])([CH3])[C]#CCCCCl. The van der Waals surface area contributed by atoms with E-state index in [1.807, 2.05) is 0 Å². The molecule has 0 nitrogen and oxygen atoms in total. The number of alkyl halides is 1. The number of rotatable bonds is 2. The van der Waals surface area contributed by atoms with Gasteiger partial charge < -0.3 is 0 Å². The van der Waals surface area contributed by atoms with Crippen LogP contribution in [0.25, 0.3) is 0 Å². The molecule has 0 aromatic carbocycles. The van der Waals surface area contributed by atoms with Crippen LogP contribution >= 0.6 is 11.6 Å². The standard InChI is InChI=1S/C5H6Cl.3CH3.Sn/c1-2-3-4-5-6;;;;/h3-5H2;3*1H3;. The Kier molecular flexibility index (Phi) is 5.66. The van der Waals surface area contributed by atoms with Gasteiger partial charge in [-0.2, -0.15) is 0 Å². The van der Waals surface area contributed by atoms with E-state index in [-0.39, 0.29) is 0 Å². The van der Waals surface area contributed by atoms with Crippen LogP contribution in [0.4, 0.5) is 0 Å². The van der Waals surface area contributed by atoms with E-state index in [0.717, 1.165) is 18.7 Å². The summed E-state index contributed by atoms with van der Waals surface area (Å²) < 4.78 is 3.36. The van der Waals surface area contributed by atoms with Crippen molar-refractivity contribution in [2.24, 2.45) is 0 Å². The Hall–Kier alpha value is 0.649. The van der Waals surface area contributed by atoms with Crippen molar-refractivity contribution in [3.05, 3.63) is 0 Å². The summed E-state index contributed by atoms with van der Waals surface area (Å²) in [6.45, 7) is 0. The molecule has 0 spiro atoms. The first-order valence-corrected chi connectivity index (χ1v) is 14.1. The minimum atomic E-state index is -1.75. The average Bonchev–Trinajstić information content (AvgIpc) is 1.78. The summed E-state index contributed by atoms with van der Waals surface area (Å²) in [6.07, 6.45) is 2.02. The van der Waals surface area contributed by atoms with E-state index in [1.165, 1.54) is 0 Å². The van der Waals surface area contributed by atoms with E-state index in [2.05, 4.69) is 24.7 Å². The van der Waals surface area contributed by atoms with Crippen molar-refractivity contribution >= 4 is 30.0 Å². The fourth-order valence-electron chi connectivity index (χ4n) is 0.483. The van der Waals surface area contributed by atoms with Gasteiger partial charge in [0.1, 0.15) is 0 Å². The van der Waals surface area contributed by atoms with Crippen molar-refractivity contribution < 1.29 is 0 Å². The van der Waals surface area contributed by atoms with Crippen LogP contribution in [0.3, 0.4) is 0 Å². The quantitative estimate of drug-likeness (QED) is 0.312. The first-order chi connectivity index (χ1) is 4.56. The molecule has 0 rings (SSSR count). The van der Waals surface area contributed by atoms with Crippen molar-refractivity contribution in [3.63, 3.8) is 0 Å². The fraction of sp³-hybridized carbons (Fsp3) is 0.750. The maximum atomic E-state index is 5.50. The van der Waals surface area contributed by atoms with Gasteiger partial charge in [0, 0.05) is 0 Å². The van der Waals surface area contributed by atoms with Gasteiger partial charge in [-0.3, -0.25) is 0 Å². The van der Waals surface area contributed by atoms with E-state index in [4.69, 9.17) is 11.6 Å². The Balaban J connectivity index is 3.50. The second-order valence-electron chi connectivity index (χ2n) is 3.34. The van der Waals surface area contributed by atoms with Gasteiger partial charge in [-0.15, -0.1) is 0 Å². The molecule has 0 bridgehead atoms. The van der Waals surface area contributed by atoms with Crippen LogP contribution in [-0.2, 0) is 0 Å². The fourth-order valence-corrected chi connectivity index (χ4v) is 2.49. The Morgan fingerprint density at radius 1 is 1.30 bits per heavy atom. The van der Waals surface area contributed by atoms with Crippen molar-refractivity contribution in [2.45, 2.75) is 27.7 Å². The van der Waals surface area contributed by atoms with Crippen LogP contribution in [0.1, 0.15) is 12.8 Å². The molecule has 0 N–H and O–H groups in total. The van der Waals surface area contributed by atoms with E-state index in [1.54, 1.807) is 0 Å². The first-order valence-electron chi connectivity index (χ1n) is 3.62. The van der Waals surface area contributed by atoms with Crippen molar-refractivity contribution in [3.8, 4) is 9.86 Å². The molecule has 0 aromatic rings. The molecule has 2 heteroatoms. The van der Waals surface area contributed by atoms with Crippen LogP contribution in [0.2, 0.25) is 14.8 Å². The summed E-state index contributed by atoms with van der Waals surface area (Å²) in [4.78, 5) is 6.97. The molecule has 10 heavy (non-hydrogen) atoms. The molecule has 0 amide bonds. The summed E-state index contributed by atoms with van der Waals surface area (Å²) in [7, 11) is 0. The molecule has 0 aliphatic heterocycles. The topological polar surface area (TPSA) is 0 Å². The minimum absolute atomic E-state index is 0.744. The molecule has 0 aromatic heterocycles. The zero-order chi connectivity index (χ0) is 8.04. The molecular weight excluding hydrogens is 250 g/mol. The number of halogens is 1. The second-order valence-corrected chi connectivity index (χ2v) is 17.3. The molecule has 0 aliphatic carbocycles. The van der Waals surface area contributed by atoms with Gasteiger partial charge in [0.25, 0.3) is 0 Å². The maximum absolute atomic E-state index is 5.50. The van der Waals surface area contributed by atoms with Crippen molar-refractivity contribution in [1.29, 1.82) is 0 Å². The molecule has 0 atom stereocenters. The third-order valence-electron chi connectivity index (χ3n) is 0.899. The number of unbranched alkanes of at least 4 members (excludes halogenated alkanes) is 1. The normalized spacial score (nSPS) is 10.4. The van der Waals surface area contributed by atoms with Crippen LogP contribution in [-0.4, -0.2) is 24.3 Å². The Morgan fingerprint density at radius 2 is 1.90 bits per heavy atom. The van der Waals surface area contributed by atoms with Crippen LogP contribution in [0, 0.1) is 9.86 Å². The average molecular weight is 265 g/mol. The summed E-state index contributed by atoms with van der Waals surface area (Å²) in [5.41, 5.74) is 0. The molecule has 0 fully saturated rings. The summed E-state index contributed by atoms with van der Waals surface area (Å²) in [6, 6.07) is 0. The third-order valence-corrected chi connectivity index (χ3v) is 3.81. The Bertz CT molecular complexity index is 136. The number of hydrogen-bond donors (Lipinski definition) is 0. The predicted molar refractivity (Wildman–Crippen MR) is 51.1 cm³/mol. The van der Waals surface area contributed by atoms with Gasteiger partial charge in [0.15, 0.2) is 0 Å². The van der Waals surface area contributed by atoms with E-state index in [9.17, 15) is 0 Å². The van der Waals surface area contributed by atoms with E-state index in [0.29, 0.717) is 0 Å². The van der Waals surface area contributed by atoms with Gasteiger partial charge in [-0.1, -0.05) is 0 Å². The Morgan fingerprint density at radius 3 is 2.30 bits per heavy atom. The monoisotopic (exact) mass is 266 g/mol. The predicted octanol–water partition coefficient (Wildman–Crippen LogP) is 2.89. The van der Waals surface area contributed by atoms with Crippen LogP contribution < -0.4 is 0 Å². The Labute approximate surface area is 73.2 Å². The summed E-state index contributed by atoms with van der Waals surface area (Å²) in [5, 5.41) is 0. The van der Waals surface area contributed by atoms with Crippen LogP contribution in [0.15, 0.2) is 0 Å². The van der Waals surface area contributed by atoms with E-state index >= 15 is 0 Å². The molecule has 0 unspecified atom stereocenters. The molecule has 0 aliphatic rings. The van der Waals surface area contributed by atoms with Crippen molar-refractivity contribution in [2.75, 3.05) is 5.88 Å². The molecule has 0 radical (unpaired) electrons. The molecular formula is C8H15ClSn. The zero-order valence-electron chi connectivity index (χ0n) is 7.00. The molecule has 58 valence electrons. The molecule has 0 saturated heterocycles. The molecule has 0 heterocycles. The van der Waals surface area contributed by atoms with Gasteiger partial charge in [-0.05, 0) is 0 Å². The number of hydrogen-bond acceptors (Lipinski definition) is 0. The van der Waals surface area contributed by atoms with Gasteiger partial charge in [0.2, 0.25) is 0 Å². The first kappa shape index (κ1) is 10.6. The van der Waals surface area contributed by atoms with Crippen molar-refractivity contribution in [1.82, 2.24) is 0 Å². The van der Waals surface area contributed by atoms with Gasteiger partial charge in [0.05, 0.1) is 0 Å². The third kappa shape index (κ3) is 8.65. The van der Waals surface area contributed by atoms with Gasteiger partial charge in [-0.25, -0.2) is 0 Å².